The molecule has 5 aliphatic carbocycles. The summed E-state index contributed by atoms with van der Waals surface area (Å²) in [6.45, 7) is 0. The average molecular weight is 1710 g/mol. The standard InChI is InChI=1S/C61H36N2O.C37H23NO.C25H15Br/c1-2-15-39(16-3-1)62-52-26-12-7-19-42(52)46-35-37(29-32-53(46)62)38-30-33-54-47(36-38)59-56(34-31-44-43-20-8-13-28-57(43)64-60(44)59)63(54)55-27-14-25-51-58(55)45-21-6-11-24-50(45)61(51)48-22-9-4-17-40(48)41-18-5-10-23-49(41)61;1-2-8-27(9-3-1)38-33-12-6-4-10-28(33)32-22-24(17-19-34(32)38)23-14-15-25-20-26-16-18-30-29-11-5-7-13-35(29)39-37(30)36(26)31(25)21-23;26-23-15-7-14-22-24(23)18-10-3-6-13-21(18)25(22)19-11-4-1-8-16(19)17-9-2-5-12-20(17)25/h1-36H;1-19,21-22H,20H2;1-15H. The lowest BCUT2D eigenvalue weighted by Crippen LogP contribution is -2.25. The molecule has 0 amide bonds. The van der Waals surface area contributed by atoms with E-state index in [9.17, 15) is 0 Å². The number of hydrogen-bond acceptors (Lipinski definition) is 2. The molecule has 0 atom stereocenters. The highest BCUT2D eigenvalue weighted by Gasteiger charge is 2.54. The number of hydrogen-bond donors (Lipinski definition) is 0. The zero-order valence-corrected chi connectivity index (χ0v) is 71.4. The third-order valence-electron chi connectivity index (χ3n) is 28.9. The van der Waals surface area contributed by atoms with Crippen molar-refractivity contribution in [1.82, 2.24) is 13.7 Å². The van der Waals surface area contributed by atoms with Gasteiger partial charge >= 0.3 is 0 Å². The molecule has 2 spiro atoms. The topological polar surface area (TPSA) is 41.1 Å². The van der Waals surface area contributed by atoms with E-state index in [0.29, 0.717) is 0 Å². The normalized spacial score (nSPS) is 13.4. The monoisotopic (exact) mass is 1700 g/mol. The number of fused-ring (bicyclic) bond motifs is 40. The molecule has 25 aromatic rings. The number of aromatic nitrogens is 3. The van der Waals surface area contributed by atoms with Crippen LogP contribution in [-0.4, -0.2) is 13.7 Å². The molecule has 6 heteroatoms. The van der Waals surface area contributed by atoms with E-state index >= 15 is 0 Å². The number of para-hydroxylation sites is 6. The molecule has 0 fully saturated rings. The molecule has 0 saturated heterocycles. The van der Waals surface area contributed by atoms with Crippen molar-refractivity contribution in [2.24, 2.45) is 0 Å². The first-order valence-corrected chi connectivity index (χ1v) is 45.4. The predicted octanol–water partition coefficient (Wildman–Crippen LogP) is 32.5. The van der Waals surface area contributed by atoms with Crippen LogP contribution in [0.1, 0.15) is 55.6 Å². The summed E-state index contributed by atoms with van der Waals surface area (Å²) in [6, 6.07) is 160. The molecule has 0 bridgehead atoms. The fraction of sp³-hybridized carbons (Fsp3) is 0.0244. The Morgan fingerprint density at radius 3 is 1.12 bits per heavy atom. The summed E-state index contributed by atoms with van der Waals surface area (Å²) >= 11 is 3.83. The highest BCUT2D eigenvalue weighted by Crippen LogP contribution is 2.66. The van der Waals surface area contributed by atoms with E-state index in [1.165, 1.54) is 209 Å². The molecule has 30 rings (SSSR count). The molecule has 5 nitrogen and oxygen atoms in total. The molecule has 0 radical (unpaired) electrons. The van der Waals surface area contributed by atoms with E-state index in [1.54, 1.807) is 0 Å². The van der Waals surface area contributed by atoms with Crippen LogP contribution in [0.15, 0.2) is 450 Å². The lowest BCUT2D eigenvalue weighted by atomic mass is 9.70. The number of furan rings is 2. The van der Waals surface area contributed by atoms with Gasteiger partial charge in [0.25, 0.3) is 0 Å². The van der Waals surface area contributed by atoms with E-state index in [4.69, 9.17) is 8.83 Å². The van der Waals surface area contributed by atoms with Gasteiger partial charge in [0.05, 0.1) is 55.0 Å². The number of rotatable bonds is 5. The zero-order chi connectivity index (χ0) is 84.5. The van der Waals surface area contributed by atoms with Crippen LogP contribution < -0.4 is 0 Å². The first kappa shape index (κ1) is 72.2. The first-order valence-electron chi connectivity index (χ1n) is 44.6. The highest BCUT2D eigenvalue weighted by atomic mass is 79.9. The predicted molar refractivity (Wildman–Crippen MR) is 536 cm³/mol. The molecule has 600 valence electrons. The van der Waals surface area contributed by atoms with Crippen molar-refractivity contribution in [3.8, 4) is 95.0 Å². The Kier molecular flexibility index (Phi) is 15.4. The van der Waals surface area contributed by atoms with Crippen molar-refractivity contribution >= 4 is 125 Å². The Hall–Kier alpha value is -16.1. The molecule has 5 aromatic heterocycles. The maximum absolute atomic E-state index is 6.91. The van der Waals surface area contributed by atoms with E-state index in [0.717, 1.165) is 61.6 Å². The van der Waals surface area contributed by atoms with E-state index in [-0.39, 0.29) is 5.41 Å². The summed E-state index contributed by atoms with van der Waals surface area (Å²) < 4.78 is 21.8. The summed E-state index contributed by atoms with van der Waals surface area (Å²) in [6.07, 6.45) is 0.946. The highest BCUT2D eigenvalue weighted by molar-refractivity contribution is 9.10. The SMILES string of the molecule is Brc1cccc2c1-c1ccccc1C21c2ccccc2-c2ccccc21.c1ccc(-n2c3ccccc3c3cc(-c4ccc5c(c4)-c4c(ccc6c4oc4ccccc46)C5)ccc32)cc1.c1ccc(-n2c3ccccc3c3cc(-c4ccc5c(c4)c4c6oc7ccccc7c6ccc4n5-c4cccc5c4-c4ccccc4C54c5ccccc5-c5ccccc54)ccc32)cc1. The van der Waals surface area contributed by atoms with Crippen molar-refractivity contribution in [1.29, 1.82) is 0 Å². The molecule has 0 aliphatic heterocycles. The van der Waals surface area contributed by atoms with Gasteiger partial charge in [-0.1, -0.05) is 337 Å². The molecule has 20 aromatic carbocycles. The Morgan fingerprint density at radius 2 is 0.581 bits per heavy atom. The summed E-state index contributed by atoms with van der Waals surface area (Å²) in [4.78, 5) is 0. The van der Waals surface area contributed by atoms with Gasteiger partial charge in [-0.05, 0) is 239 Å². The minimum Gasteiger partial charge on any atom is -0.455 e. The van der Waals surface area contributed by atoms with Gasteiger partial charge in [-0.25, -0.2) is 0 Å². The van der Waals surface area contributed by atoms with Crippen LogP contribution >= 0.6 is 15.9 Å². The number of benzene rings is 20. The van der Waals surface area contributed by atoms with Crippen molar-refractivity contribution in [2.75, 3.05) is 0 Å². The van der Waals surface area contributed by atoms with Gasteiger partial charge < -0.3 is 22.5 Å². The second-order valence-corrected chi connectivity index (χ2v) is 36.0. The van der Waals surface area contributed by atoms with Crippen molar-refractivity contribution < 1.29 is 8.83 Å². The van der Waals surface area contributed by atoms with E-state index in [2.05, 4.69) is 460 Å². The minimum atomic E-state index is -0.435. The third kappa shape index (κ3) is 9.98. The Bertz CT molecular complexity index is 9050. The van der Waals surface area contributed by atoms with E-state index in [1.807, 2.05) is 6.07 Å². The third-order valence-corrected chi connectivity index (χ3v) is 29.6. The number of halogens is 1. The zero-order valence-electron chi connectivity index (χ0n) is 69.8. The minimum absolute atomic E-state index is 0.219. The number of nitrogens with zero attached hydrogens (tertiary/aromatic N) is 3. The van der Waals surface area contributed by atoms with Gasteiger partial charge in [-0.3, -0.25) is 0 Å². The Labute approximate surface area is 751 Å². The lowest BCUT2D eigenvalue weighted by Gasteiger charge is -2.30. The van der Waals surface area contributed by atoms with Crippen LogP contribution in [0.5, 0.6) is 0 Å². The van der Waals surface area contributed by atoms with Crippen LogP contribution in [0.4, 0.5) is 0 Å². The van der Waals surface area contributed by atoms with Gasteiger partial charge in [0.15, 0.2) is 0 Å². The summed E-state index contributed by atoms with van der Waals surface area (Å²) in [5.74, 6) is 0. The molecule has 5 heterocycles. The molecular formula is C123H74BrN3O2. The summed E-state index contributed by atoms with van der Waals surface area (Å²) in [7, 11) is 0. The molecule has 5 aliphatic rings. The van der Waals surface area contributed by atoms with Crippen molar-refractivity contribution in [3.05, 3.63) is 497 Å². The van der Waals surface area contributed by atoms with Gasteiger partial charge in [0.1, 0.15) is 22.3 Å². The fourth-order valence-electron chi connectivity index (χ4n) is 23.8. The van der Waals surface area contributed by atoms with E-state index < -0.39 is 5.41 Å². The maximum atomic E-state index is 6.91. The van der Waals surface area contributed by atoms with Crippen LogP contribution in [0.2, 0.25) is 0 Å². The Balaban J connectivity index is 0.000000109. The summed E-state index contributed by atoms with van der Waals surface area (Å²) in [5.41, 5.74) is 45.3. The molecule has 129 heavy (non-hydrogen) atoms. The second-order valence-electron chi connectivity index (χ2n) is 35.1. The van der Waals surface area contributed by atoms with Gasteiger partial charge in [0.2, 0.25) is 0 Å². The van der Waals surface area contributed by atoms with Gasteiger partial charge in [-0.15, -0.1) is 0 Å². The Morgan fingerprint density at radius 1 is 0.217 bits per heavy atom. The fourth-order valence-corrected chi connectivity index (χ4v) is 24.4. The largest absolute Gasteiger partial charge is 0.455 e. The van der Waals surface area contributed by atoms with Crippen LogP contribution in [-0.2, 0) is 17.3 Å². The first-order chi connectivity index (χ1) is 63.9. The quantitative estimate of drug-likeness (QED) is 0.172. The van der Waals surface area contributed by atoms with Gasteiger partial charge in [-0.2, -0.15) is 0 Å². The van der Waals surface area contributed by atoms with Crippen LogP contribution in [0, 0.1) is 0 Å². The average Bonchev–Trinajstić information content (AvgIpc) is 1.51. The van der Waals surface area contributed by atoms with Crippen LogP contribution in [0.25, 0.3) is 204 Å². The van der Waals surface area contributed by atoms with Crippen LogP contribution in [0.3, 0.4) is 0 Å². The molecular weight excluding hydrogens is 1630 g/mol. The van der Waals surface area contributed by atoms with Gasteiger partial charge in [0, 0.05) is 81.0 Å². The second kappa shape index (κ2) is 27.4. The maximum Gasteiger partial charge on any atom is 0.145 e. The summed E-state index contributed by atoms with van der Waals surface area (Å²) in [5, 5.41) is 12.0. The van der Waals surface area contributed by atoms with Crippen molar-refractivity contribution in [2.45, 2.75) is 17.3 Å². The van der Waals surface area contributed by atoms with Crippen molar-refractivity contribution in [3.63, 3.8) is 0 Å². The molecule has 0 N–H and O–H groups in total. The molecule has 0 unspecified atom stereocenters. The molecule has 0 saturated carbocycles. The lowest BCUT2D eigenvalue weighted by molar-refractivity contribution is 0.670. The smallest absolute Gasteiger partial charge is 0.145 e.